The SMILES string of the molecule is CCCC/C=C/CCCCCCc1ccc(OCC2(C)CO2)cc1. The van der Waals surface area contributed by atoms with Crippen molar-refractivity contribution in [3.8, 4) is 5.75 Å². The molecule has 0 bridgehead atoms. The Balaban J connectivity index is 1.49. The second-order valence-electron chi connectivity index (χ2n) is 7.24. The third kappa shape index (κ3) is 8.01. The highest BCUT2D eigenvalue weighted by Gasteiger charge is 2.40. The van der Waals surface area contributed by atoms with E-state index in [-0.39, 0.29) is 5.60 Å². The van der Waals surface area contributed by atoms with Gasteiger partial charge in [-0.05, 0) is 56.7 Å². The van der Waals surface area contributed by atoms with Crippen molar-refractivity contribution in [1.82, 2.24) is 0 Å². The van der Waals surface area contributed by atoms with Crippen LogP contribution in [0.1, 0.15) is 70.8 Å². The summed E-state index contributed by atoms with van der Waals surface area (Å²) in [6.45, 7) is 5.80. The summed E-state index contributed by atoms with van der Waals surface area (Å²) in [6, 6.07) is 8.56. The first-order valence-corrected chi connectivity index (χ1v) is 9.72. The molecule has 2 heteroatoms. The topological polar surface area (TPSA) is 21.8 Å². The maximum atomic E-state index is 5.76. The Morgan fingerprint density at radius 3 is 2.33 bits per heavy atom. The molecule has 1 atom stereocenters. The molecule has 2 rings (SSSR count). The first-order valence-electron chi connectivity index (χ1n) is 9.72. The molecule has 0 aliphatic carbocycles. The van der Waals surface area contributed by atoms with Crippen LogP contribution in [0.15, 0.2) is 36.4 Å². The second-order valence-corrected chi connectivity index (χ2v) is 7.24. The van der Waals surface area contributed by atoms with Crippen LogP contribution in [0, 0.1) is 0 Å². The zero-order chi connectivity index (χ0) is 17.1. The molecule has 1 saturated heterocycles. The number of rotatable bonds is 13. The number of hydrogen-bond donors (Lipinski definition) is 0. The van der Waals surface area contributed by atoms with Crippen LogP contribution in [-0.2, 0) is 11.2 Å². The van der Waals surface area contributed by atoms with Gasteiger partial charge >= 0.3 is 0 Å². The van der Waals surface area contributed by atoms with Crippen molar-refractivity contribution in [3.63, 3.8) is 0 Å². The van der Waals surface area contributed by atoms with Crippen LogP contribution in [0.4, 0.5) is 0 Å². The van der Waals surface area contributed by atoms with Gasteiger partial charge in [0, 0.05) is 0 Å². The zero-order valence-electron chi connectivity index (χ0n) is 15.6. The molecule has 0 saturated carbocycles. The lowest BCUT2D eigenvalue weighted by molar-refractivity contribution is 0.202. The fourth-order valence-electron chi connectivity index (χ4n) is 2.70. The molecular formula is C22H34O2. The Hall–Kier alpha value is -1.28. The number of benzene rings is 1. The van der Waals surface area contributed by atoms with E-state index in [0.29, 0.717) is 6.61 Å². The minimum atomic E-state index is -0.0378. The molecule has 0 spiro atoms. The summed E-state index contributed by atoms with van der Waals surface area (Å²) >= 11 is 0. The Bertz CT molecular complexity index is 471. The molecule has 1 aromatic rings. The normalized spacial score (nSPS) is 19.8. The highest BCUT2D eigenvalue weighted by molar-refractivity contribution is 5.27. The molecule has 2 nitrogen and oxygen atoms in total. The van der Waals surface area contributed by atoms with E-state index in [1.54, 1.807) is 0 Å². The maximum Gasteiger partial charge on any atom is 0.123 e. The fraction of sp³-hybridized carbons (Fsp3) is 0.636. The number of hydrogen-bond acceptors (Lipinski definition) is 2. The summed E-state index contributed by atoms with van der Waals surface area (Å²) in [4.78, 5) is 0. The minimum Gasteiger partial charge on any atom is -0.491 e. The van der Waals surface area contributed by atoms with Crippen molar-refractivity contribution in [2.45, 2.75) is 77.2 Å². The monoisotopic (exact) mass is 330 g/mol. The van der Waals surface area contributed by atoms with Gasteiger partial charge in [-0.3, -0.25) is 0 Å². The molecule has 0 radical (unpaired) electrons. The zero-order valence-corrected chi connectivity index (χ0v) is 15.6. The van der Waals surface area contributed by atoms with Gasteiger partial charge in [-0.25, -0.2) is 0 Å². The average molecular weight is 331 g/mol. The van der Waals surface area contributed by atoms with Crippen LogP contribution in [0.25, 0.3) is 0 Å². The van der Waals surface area contributed by atoms with Crippen molar-refractivity contribution in [1.29, 1.82) is 0 Å². The van der Waals surface area contributed by atoms with Crippen LogP contribution in [-0.4, -0.2) is 18.8 Å². The van der Waals surface area contributed by atoms with Crippen molar-refractivity contribution in [3.05, 3.63) is 42.0 Å². The molecule has 1 fully saturated rings. The number of epoxide rings is 1. The van der Waals surface area contributed by atoms with E-state index in [2.05, 4.69) is 50.3 Å². The van der Waals surface area contributed by atoms with Gasteiger partial charge in [0.05, 0.1) is 6.61 Å². The minimum absolute atomic E-state index is 0.0378. The van der Waals surface area contributed by atoms with Crippen LogP contribution in [0.3, 0.4) is 0 Å². The highest BCUT2D eigenvalue weighted by Crippen LogP contribution is 2.27. The largest absolute Gasteiger partial charge is 0.491 e. The molecular weight excluding hydrogens is 296 g/mol. The molecule has 1 heterocycles. The quantitative estimate of drug-likeness (QED) is 0.248. The third-order valence-corrected chi connectivity index (χ3v) is 4.58. The lowest BCUT2D eigenvalue weighted by Gasteiger charge is -2.09. The van der Waals surface area contributed by atoms with Crippen molar-refractivity contribution < 1.29 is 9.47 Å². The van der Waals surface area contributed by atoms with Crippen LogP contribution in [0.5, 0.6) is 5.75 Å². The molecule has 1 aliphatic rings. The molecule has 0 aromatic heterocycles. The lowest BCUT2D eigenvalue weighted by Crippen LogP contribution is -2.16. The molecule has 24 heavy (non-hydrogen) atoms. The molecule has 134 valence electrons. The Kier molecular flexibility index (Phi) is 8.38. The predicted octanol–water partition coefficient (Wildman–Crippen LogP) is 6.09. The fourth-order valence-corrected chi connectivity index (χ4v) is 2.70. The van der Waals surface area contributed by atoms with Crippen molar-refractivity contribution >= 4 is 0 Å². The first kappa shape index (κ1) is 19.1. The number of allylic oxidation sites excluding steroid dienone is 2. The highest BCUT2D eigenvalue weighted by atomic mass is 16.6. The van der Waals surface area contributed by atoms with Gasteiger partial charge in [0.15, 0.2) is 0 Å². The predicted molar refractivity (Wildman–Crippen MR) is 102 cm³/mol. The maximum absolute atomic E-state index is 5.76. The lowest BCUT2D eigenvalue weighted by atomic mass is 10.1. The van der Waals surface area contributed by atoms with E-state index in [9.17, 15) is 0 Å². The Labute approximate surface area is 148 Å². The van der Waals surface area contributed by atoms with E-state index < -0.39 is 0 Å². The van der Waals surface area contributed by atoms with E-state index in [0.717, 1.165) is 12.4 Å². The number of aryl methyl sites for hydroxylation is 1. The van der Waals surface area contributed by atoms with E-state index in [4.69, 9.17) is 9.47 Å². The third-order valence-electron chi connectivity index (χ3n) is 4.58. The van der Waals surface area contributed by atoms with Gasteiger partial charge in [0.1, 0.15) is 18.0 Å². The van der Waals surface area contributed by atoms with Gasteiger partial charge in [0.25, 0.3) is 0 Å². The van der Waals surface area contributed by atoms with Crippen LogP contribution in [0.2, 0.25) is 0 Å². The molecule has 0 amide bonds. The van der Waals surface area contributed by atoms with Gasteiger partial charge < -0.3 is 9.47 Å². The molecule has 0 N–H and O–H groups in total. The van der Waals surface area contributed by atoms with Crippen molar-refractivity contribution in [2.24, 2.45) is 0 Å². The first-order chi connectivity index (χ1) is 11.7. The molecule has 1 unspecified atom stereocenters. The average Bonchev–Trinajstić information content (AvgIpc) is 3.34. The molecule has 1 aromatic carbocycles. The number of ether oxygens (including phenoxy) is 2. The summed E-state index contributed by atoms with van der Waals surface area (Å²) in [7, 11) is 0. The standard InChI is InChI=1S/C22H34O2/c1-3-4-5-6-7-8-9-10-11-12-13-20-14-16-21(17-15-20)23-18-22(2)19-24-22/h6-7,14-17H,3-5,8-13,18-19H2,1-2H3/b7-6+. The smallest absolute Gasteiger partial charge is 0.123 e. The summed E-state index contributed by atoms with van der Waals surface area (Å²) in [6.07, 6.45) is 16.3. The van der Waals surface area contributed by atoms with Crippen LogP contribution >= 0.6 is 0 Å². The van der Waals surface area contributed by atoms with Gasteiger partial charge in [-0.15, -0.1) is 0 Å². The van der Waals surface area contributed by atoms with Gasteiger partial charge in [0.2, 0.25) is 0 Å². The Morgan fingerprint density at radius 2 is 1.67 bits per heavy atom. The van der Waals surface area contributed by atoms with E-state index in [1.165, 1.54) is 63.4 Å². The Morgan fingerprint density at radius 1 is 1.00 bits per heavy atom. The summed E-state index contributed by atoms with van der Waals surface area (Å²) < 4.78 is 11.1. The summed E-state index contributed by atoms with van der Waals surface area (Å²) in [5.41, 5.74) is 1.37. The van der Waals surface area contributed by atoms with E-state index in [1.807, 2.05) is 0 Å². The molecule has 1 aliphatic heterocycles. The van der Waals surface area contributed by atoms with Gasteiger partial charge in [-0.2, -0.15) is 0 Å². The number of unbranched alkanes of at least 4 members (excludes halogenated alkanes) is 6. The summed E-state index contributed by atoms with van der Waals surface area (Å²) in [5, 5.41) is 0. The second kappa shape index (κ2) is 10.6. The van der Waals surface area contributed by atoms with Gasteiger partial charge in [-0.1, -0.05) is 56.9 Å². The van der Waals surface area contributed by atoms with E-state index >= 15 is 0 Å². The summed E-state index contributed by atoms with van der Waals surface area (Å²) in [5.74, 6) is 0.949. The van der Waals surface area contributed by atoms with Crippen molar-refractivity contribution in [2.75, 3.05) is 13.2 Å². The van der Waals surface area contributed by atoms with Crippen LogP contribution < -0.4 is 4.74 Å².